The van der Waals surface area contributed by atoms with E-state index in [1.165, 1.54) is 16.7 Å². The second-order valence-electron chi connectivity index (χ2n) is 6.01. The highest BCUT2D eigenvalue weighted by atomic mass is 16.5. The van der Waals surface area contributed by atoms with Gasteiger partial charge in [-0.3, -0.25) is 0 Å². The quantitative estimate of drug-likeness (QED) is 0.617. The summed E-state index contributed by atoms with van der Waals surface area (Å²) in [5.41, 5.74) is 4.12. The smallest absolute Gasteiger partial charge is 0.124 e. The largest absolute Gasteiger partial charge is 0.486 e. The SMILES string of the molecule is [c]1ccc(OC2CCC(c3ccccc3)c3ccccc32)cc1. The molecule has 0 heterocycles. The van der Waals surface area contributed by atoms with Crippen molar-refractivity contribution in [2.24, 2.45) is 0 Å². The third-order valence-electron chi connectivity index (χ3n) is 4.60. The minimum atomic E-state index is 0.133. The first-order valence-corrected chi connectivity index (χ1v) is 8.18. The molecule has 1 heteroatoms. The molecular formula is C22H19O. The summed E-state index contributed by atoms with van der Waals surface area (Å²) >= 11 is 0. The second kappa shape index (κ2) is 6.29. The van der Waals surface area contributed by atoms with Crippen molar-refractivity contribution >= 4 is 0 Å². The van der Waals surface area contributed by atoms with Crippen LogP contribution in [0.3, 0.4) is 0 Å². The molecule has 0 aliphatic heterocycles. The van der Waals surface area contributed by atoms with Crippen molar-refractivity contribution in [1.82, 2.24) is 0 Å². The third-order valence-corrected chi connectivity index (χ3v) is 4.60. The van der Waals surface area contributed by atoms with Crippen molar-refractivity contribution in [3.63, 3.8) is 0 Å². The van der Waals surface area contributed by atoms with E-state index in [-0.39, 0.29) is 6.10 Å². The highest BCUT2D eigenvalue weighted by molar-refractivity contribution is 5.41. The Morgan fingerprint density at radius 1 is 0.739 bits per heavy atom. The molecule has 0 saturated heterocycles. The van der Waals surface area contributed by atoms with Gasteiger partial charge in [-0.1, -0.05) is 66.7 Å². The molecule has 3 aromatic rings. The van der Waals surface area contributed by atoms with Crippen LogP contribution in [0.25, 0.3) is 0 Å². The van der Waals surface area contributed by atoms with Crippen LogP contribution in [0, 0.1) is 6.07 Å². The molecule has 1 radical (unpaired) electrons. The van der Waals surface area contributed by atoms with E-state index in [2.05, 4.69) is 60.7 Å². The zero-order chi connectivity index (χ0) is 15.5. The van der Waals surface area contributed by atoms with Gasteiger partial charge in [0.1, 0.15) is 11.9 Å². The average Bonchev–Trinajstić information content (AvgIpc) is 2.64. The minimum absolute atomic E-state index is 0.133. The molecule has 113 valence electrons. The molecule has 23 heavy (non-hydrogen) atoms. The van der Waals surface area contributed by atoms with Crippen molar-refractivity contribution in [3.8, 4) is 5.75 Å². The Labute approximate surface area is 137 Å². The Hall–Kier alpha value is -2.54. The van der Waals surface area contributed by atoms with E-state index in [9.17, 15) is 0 Å². The minimum Gasteiger partial charge on any atom is -0.486 e. The Morgan fingerprint density at radius 3 is 2.22 bits per heavy atom. The van der Waals surface area contributed by atoms with Crippen molar-refractivity contribution in [2.45, 2.75) is 24.9 Å². The predicted molar refractivity (Wildman–Crippen MR) is 92.6 cm³/mol. The molecule has 0 fully saturated rings. The Kier molecular flexibility index (Phi) is 3.85. The number of benzene rings is 3. The summed E-state index contributed by atoms with van der Waals surface area (Å²) in [6, 6.07) is 30.3. The fourth-order valence-electron chi connectivity index (χ4n) is 3.52. The molecular weight excluding hydrogens is 280 g/mol. The third kappa shape index (κ3) is 2.87. The highest BCUT2D eigenvalue weighted by Gasteiger charge is 2.28. The maximum atomic E-state index is 6.25. The van der Waals surface area contributed by atoms with Crippen LogP contribution in [0.15, 0.2) is 78.9 Å². The molecule has 0 aromatic heterocycles. The van der Waals surface area contributed by atoms with Gasteiger partial charge in [-0.05, 0) is 47.7 Å². The van der Waals surface area contributed by atoms with E-state index in [4.69, 9.17) is 4.74 Å². The van der Waals surface area contributed by atoms with Gasteiger partial charge in [0.25, 0.3) is 0 Å². The lowest BCUT2D eigenvalue weighted by molar-refractivity contribution is 0.179. The Morgan fingerprint density at radius 2 is 1.43 bits per heavy atom. The fraction of sp³-hybridized carbons (Fsp3) is 0.182. The first kappa shape index (κ1) is 14.1. The summed E-state index contributed by atoms with van der Waals surface area (Å²) < 4.78 is 6.25. The number of fused-ring (bicyclic) bond motifs is 1. The van der Waals surface area contributed by atoms with Crippen molar-refractivity contribution in [2.75, 3.05) is 0 Å². The van der Waals surface area contributed by atoms with E-state index < -0.39 is 0 Å². The maximum absolute atomic E-state index is 6.25. The molecule has 0 spiro atoms. The standard InChI is InChI=1S/C22H19O/c1-3-9-17(10-4-1)19-15-16-22(21-14-8-7-13-20(19)21)23-18-11-5-2-6-12-18/h1,3-14,19,22H,15-16H2. The van der Waals surface area contributed by atoms with Crippen LogP contribution in [0.2, 0.25) is 0 Å². The van der Waals surface area contributed by atoms with Gasteiger partial charge in [0, 0.05) is 5.92 Å². The summed E-state index contributed by atoms with van der Waals surface area (Å²) in [6.45, 7) is 0. The maximum Gasteiger partial charge on any atom is 0.124 e. The van der Waals surface area contributed by atoms with E-state index >= 15 is 0 Å². The fourth-order valence-corrected chi connectivity index (χ4v) is 3.52. The van der Waals surface area contributed by atoms with Crippen LogP contribution in [0.5, 0.6) is 5.75 Å². The number of hydrogen-bond acceptors (Lipinski definition) is 1. The lowest BCUT2D eigenvalue weighted by Crippen LogP contribution is -2.19. The van der Waals surface area contributed by atoms with Gasteiger partial charge in [0.15, 0.2) is 0 Å². The molecule has 2 atom stereocenters. The molecule has 1 nitrogen and oxygen atoms in total. The molecule has 2 unspecified atom stereocenters. The van der Waals surface area contributed by atoms with Gasteiger partial charge in [0.2, 0.25) is 0 Å². The summed E-state index contributed by atoms with van der Waals surface area (Å²) in [6.07, 6.45) is 2.29. The van der Waals surface area contributed by atoms with Gasteiger partial charge in [-0.15, -0.1) is 0 Å². The molecule has 0 N–H and O–H groups in total. The summed E-state index contributed by atoms with van der Waals surface area (Å²) in [4.78, 5) is 0. The zero-order valence-corrected chi connectivity index (χ0v) is 13.0. The van der Waals surface area contributed by atoms with Crippen molar-refractivity contribution < 1.29 is 4.74 Å². The van der Waals surface area contributed by atoms with Gasteiger partial charge < -0.3 is 4.74 Å². The topological polar surface area (TPSA) is 9.23 Å². The Balaban J connectivity index is 1.67. The van der Waals surface area contributed by atoms with Crippen LogP contribution < -0.4 is 4.74 Å². The first-order chi connectivity index (χ1) is 11.4. The molecule has 3 aromatic carbocycles. The lowest BCUT2D eigenvalue weighted by Gasteiger charge is -2.32. The summed E-state index contributed by atoms with van der Waals surface area (Å²) in [5, 5.41) is 0. The molecule has 4 rings (SSSR count). The van der Waals surface area contributed by atoms with Crippen molar-refractivity contribution in [1.29, 1.82) is 0 Å². The molecule has 0 saturated carbocycles. The predicted octanol–water partition coefficient (Wildman–Crippen LogP) is 5.53. The van der Waals surface area contributed by atoms with Crippen molar-refractivity contribution in [3.05, 3.63) is 102 Å². The first-order valence-electron chi connectivity index (χ1n) is 8.18. The van der Waals surface area contributed by atoms with Crippen LogP contribution in [0.4, 0.5) is 0 Å². The molecule has 1 aliphatic rings. The monoisotopic (exact) mass is 299 g/mol. The normalized spacial score (nSPS) is 19.8. The van der Waals surface area contributed by atoms with Crippen LogP contribution in [-0.4, -0.2) is 0 Å². The second-order valence-corrected chi connectivity index (χ2v) is 6.01. The van der Waals surface area contributed by atoms with E-state index in [1.807, 2.05) is 24.3 Å². The summed E-state index contributed by atoms with van der Waals surface area (Å²) in [5.74, 6) is 1.39. The van der Waals surface area contributed by atoms with Crippen LogP contribution >= 0.6 is 0 Å². The molecule has 1 aliphatic carbocycles. The number of rotatable bonds is 3. The van der Waals surface area contributed by atoms with E-state index in [0.717, 1.165) is 18.6 Å². The molecule has 0 amide bonds. The lowest BCUT2D eigenvalue weighted by atomic mass is 9.77. The Bertz CT molecular complexity index is 764. The van der Waals surface area contributed by atoms with Crippen LogP contribution in [0.1, 0.15) is 41.6 Å². The van der Waals surface area contributed by atoms with E-state index in [0.29, 0.717) is 5.92 Å². The van der Waals surface area contributed by atoms with Gasteiger partial charge in [0.05, 0.1) is 0 Å². The average molecular weight is 299 g/mol. The van der Waals surface area contributed by atoms with E-state index in [1.54, 1.807) is 0 Å². The zero-order valence-electron chi connectivity index (χ0n) is 13.0. The van der Waals surface area contributed by atoms with Gasteiger partial charge >= 0.3 is 0 Å². The number of ether oxygens (including phenoxy) is 1. The summed E-state index contributed by atoms with van der Waals surface area (Å²) in [7, 11) is 0. The highest BCUT2D eigenvalue weighted by Crippen LogP contribution is 2.42. The van der Waals surface area contributed by atoms with Gasteiger partial charge in [-0.25, -0.2) is 0 Å². The van der Waals surface area contributed by atoms with Gasteiger partial charge in [-0.2, -0.15) is 0 Å². The molecule has 0 bridgehead atoms. The van der Waals surface area contributed by atoms with Crippen LogP contribution in [-0.2, 0) is 0 Å². The number of hydrogen-bond donors (Lipinski definition) is 0.